The van der Waals surface area contributed by atoms with Gasteiger partial charge in [-0.15, -0.1) is 0 Å². The average molecular weight is 227 g/mol. The molecule has 2 saturated heterocycles. The van der Waals surface area contributed by atoms with Crippen molar-refractivity contribution < 1.29 is 19.5 Å². The van der Waals surface area contributed by atoms with Gasteiger partial charge in [-0.3, -0.25) is 10.1 Å². The lowest BCUT2D eigenvalue weighted by atomic mass is 9.90. The third kappa shape index (κ3) is 1.39. The summed E-state index contributed by atoms with van der Waals surface area (Å²) in [5.41, 5.74) is -1.15. The lowest BCUT2D eigenvalue weighted by Crippen LogP contribution is -2.59. The van der Waals surface area contributed by atoms with Crippen molar-refractivity contribution in [3.8, 4) is 0 Å². The van der Waals surface area contributed by atoms with Crippen molar-refractivity contribution in [3.05, 3.63) is 0 Å². The standard InChI is InChI=1S/C9H13N3O4/c1-9(6(13)10-7(14)11-9)5-3-2-4-12(5)8(15)16/h5H,2-4H2,1H3,(H,15,16)(H2,10,11,13,14)/t5-,9-/m1/s1. The van der Waals surface area contributed by atoms with Crippen LogP contribution in [-0.2, 0) is 4.79 Å². The molecule has 0 radical (unpaired) electrons. The summed E-state index contributed by atoms with van der Waals surface area (Å²) >= 11 is 0. The molecule has 0 saturated carbocycles. The molecule has 2 fully saturated rings. The first kappa shape index (κ1) is 10.7. The molecule has 2 aliphatic heterocycles. The molecule has 2 atom stereocenters. The van der Waals surface area contributed by atoms with E-state index in [1.165, 1.54) is 4.90 Å². The van der Waals surface area contributed by atoms with Gasteiger partial charge in [-0.25, -0.2) is 9.59 Å². The molecule has 0 aliphatic carbocycles. The van der Waals surface area contributed by atoms with E-state index >= 15 is 0 Å². The minimum Gasteiger partial charge on any atom is -0.465 e. The molecule has 2 heterocycles. The van der Waals surface area contributed by atoms with Gasteiger partial charge in [0.25, 0.3) is 5.91 Å². The monoisotopic (exact) mass is 227 g/mol. The van der Waals surface area contributed by atoms with Crippen LogP contribution in [0.2, 0.25) is 0 Å². The average Bonchev–Trinajstić information content (AvgIpc) is 2.72. The van der Waals surface area contributed by atoms with Gasteiger partial charge in [0.15, 0.2) is 0 Å². The number of amides is 4. The Morgan fingerprint density at radius 3 is 2.75 bits per heavy atom. The number of imide groups is 1. The first-order valence-corrected chi connectivity index (χ1v) is 5.08. The zero-order valence-electron chi connectivity index (χ0n) is 8.82. The summed E-state index contributed by atoms with van der Waals surface area (Å²) < 4.78 is 0. The summed E-state index contributed by atoms with van der Waals surface area (Å²) in [6, 6.07) is -1.05. The quantitative estimate of drug-likeness (QED) is 0.537. The molecule has 2 rings (SSSR count). The van der Waals surface area contributed by atoms with Crippen LogP contribution in [-0.4, -0.2) is 46.2 Å². The summed E-state index contributed by atoms with van der Waals surface area (Å²) in [6.07, 6.45) is 0.226. The van der Waals surface area contributed by atoms with Crippen molar-refractivity contribution >= 4 is 18.0 Å². The number of carboxylic acid groups (broad SMARTS) is 1. The topological polar surface area (TPSA) is 98.7 Å². The van der Waals surface area contributed by atoms with Gasteiger partial charge < -0.3 is 15.3 Å². The van der Waals surface area contributed by atoms with Crippen LogP contribution >= 0.6 is 0 Å². The molecule has 16 heavy (non-hydrogen) atoms. The van der Waals surface area contributed by atoms with Crippen molar-refractivity contribution in [1.29, 1.82) is 0 Å². The van der Waals surface area contributed by atoms with Gasteiger partial charge in [-0.05, 0) is 19.8 Å². The fourth-order valence-corrected chi connectivity index (χ4v) is 2.39. The minimum atomic E-state index is -1.15. The van der Waals surface area contributed by atoms with Crippen LogP contribution < -0.4 is 10.6 Å². The van der Waals surface area contributed by atoms with Gasteiger partial charge in [-0.1, -0.05) is 0 Å². The second-order valence-corrected chi connectivity index (χ2v) is 4.24. The Morgan fingerprint density at radius 2 is 2.25 bits per heavy atom. The minimum absolute atomic E-state index is 0.402. The zero-order chi connectivity index (χ0) is 11.9. The lowest BCUT2D eigenvalue weighted by molar-refractivity contribution is -0.125. The maximum Gasteiger partial charge on any atom is 0.407 e. The van der Waals surface area contributed by atoms with E-state index in [4.69, 9.17) is 5.11 Å². The van der Waals surface area contributed by atoms with Gasteiger partial charge in [0.1, 0.15) is 5.54 Å². The van der Waals surface area contributed by atoms with Gasteiger partial charge in [-0.2, -0.15) is 0 Å². The highest BCUT2D eigenvalue weighted by molar-refractivity contribution is 6.07. The fraction of sp³-hybridized carbons (Fsp3) is 0.667. The highest BCUT2D eigenvalue weighted by Crippen LogP contribution is 2.29. The number of nitrogens with zero attached hydrogens (tertiary/aromatic N) is 1. The highest BCUT2D eigenvalue weighted by Gasteiger charge is 2.52. The number of carbonyl (C=O) groups is 3. The summed E-state index contributed by atoms with van der Waals surface area (Å²) in [5.74, 6) is -0.462. The van der Waals surface area contributed by atoms with E-state index < -0.39 is 29.6 Å². The first-order valence-electron chi connectivity index (χ1n) is 5.08. The Morgan fingerprint density at radius 1 is 1.56 bits per heavy atom. The second-order valence-electron chi connectivity index (χ2n) is 4.24. The van der Waals surface area contributed by atoms with Crippen LogP contribution in [0.1, 0.15) is 19.8 Å². The van der Waals surface area contributed by atoms with Crippen molar-refractivity contribution in [2.24, 2.45) is 0 Å². The van der Waals surface area contributed by atoms with E-state index in [9.17, 15) is 14.4 Å². The van der Waals surface area contributed by atoms with E-state index in [0.717, 1.165) is 0 Å². The van der Waals surface area contributed by atoms with Gasteiger partial charge in [0.05, 0.1) is 6.04 Å². The zero-order valence-corrected chi connectivity index (χ0v) is 8.82. The van der Waals surface area contributed by atoms with Crippen molar-refractivity contribution in [2.45, 2.75) is 31.3 Å². The Bertz CT molecular complexity index is 370. The Labute approximate surface area is 91.8 Å². The molecule has 7 nitrogen and oxygen atoms in total. The predicted molar refractivity (Wildman–Crippen MR) is 52.8 cm³/mol. The van der Waals surface area contributed by atoms with Crippen LogP contribution in [0.4, 0.5) is 9.59 Å². The fourth-order valence-electron chi connectivity index (χ4n) is 2.39. The molecule has 0 bridgehead atoms. The molecule has 0 aromatic carbocycles. The summed E-state index contributed by atoms with van der Waals surface area (Å²) in [5, 5.41) is 13.6. The number of urea groups is 1. The maximum absolute atomic E-state index is 11.6. The van der Waals surface area contributed by atoms with E-state index in [0.29, 0.717) is 19.4 Å². The smallest absolute Gasteiger partial charge is 0.407 e. The van der Waals surface area contributed by atoms with Crippen molar-refractivity contribution in [1.82, 2.24) is 15.5 Å². The number of hydrogen-bond donors (Lipinski definition) is 3. The number of nitrogens with one attached hydrogen (secondary N) is 2. The van der Waals surface area contributed by atoms with Crippen molar-refractivity contribution in [2.75, 3.05) is 6.54 Å². The molecular weight excluding hydrogens is 214 g/mol. The molecular formula is C9H13N3O4. The van der Waals surface area contributed by atoms with Crippen LogP contribution in [0.5, 0.6) is 0 Å². The highest BCUT2D eigenvalue weighted by atomic mass is 16.4. The van der Waals surface area contributed by atoms with E-state index in [-0.39, 0.29) is 0 Å². The number of hydrogen-bond acceptors (Lipinski definition) is 3. The third-order valence-corrected chi connectivity index (χ3v) is 3.24. The lowest BCUT2D eigenvalue weighted by Gasteiger charge is -2.33. The molecule has 0 spiro atoms. The Balaban J connectivity index is 2.26. The van der Waals surface area contributed by atoms with Gasteiger partial charge >= 0.3 is 12.1 Å². The Hall–Kier alpha value is -1.79. The van der Waals surface area contributed by atoms with Crippen LogP contribution in [0, 0.1) is 0 Å². The molecule has 7 heteroatoms. The molecule has 3 N–H and O–H groups in total. The summed E-state index contributed by atoms with van der Waals surface area (Å²) in [7, 11) is 0. The van der Waals surface area contributed by atoms with E-state index in [1.54, 1.807) is 6.92 Å². The predicted octanol–water partition coefficient (Wildman–Crippen LogP) is -0.273. The van der Waals surface area contributed by atoms with Crippen LogP contribution in [0.25, 0.3) is 0 Å². The van der Waals surface area contributed by atoms with Crippen LogP contribution in [0.15, 0.2) is 0 Å². The molecule has 2 aliphatic rings. The Kier molecular flexibility index (Phi) is 2.25. The number of likely N-dealkylation sites (tertiary alicyclic amines) is 1. The summed E-state index contributed by atoms with van der Waals surface area (Å²) in [4.78, 5) is 34.9. The second kappa shape index (κ2) is 3.36. The molecule has 4 amide bonds. The molecule has 0 aromatic heterocycles. The van der Waals surface area contributed by atoms with Gasteiger partial charge in [0.2, 0.25) is 0 Å². The normalized spacial score (nSPS) is 33.8. The molecule has 0 unspecified atom stereocenters. The third-order valence-electron chi connectivity index (χ3n) is 3.24. The molecule has 0 aromatic rings. The van der Waals surface area contributed by atoms with Crippen LogP contribution in [0.3, 0.4) is 0 Å². The van der Waals surface area contributed by atoms with E-state index in [1.807, 2.05) is 0 Å². The SMILES string of the molecule is C[C@]1([C@H]2CCCN2C(=O)O)NC(=O)NC1=O. The van der Waals surface area contributed by atoms with Gasteiger partial charge in [0, 0.05) is 6.54 Å². The maximum atomic E-state index is 11.6. The largest absolute Gasteiger partial charge is 0.465 e. The number of rotatable bonds is 1. The first-order chi connectivity index (χ1) is 7.45. The van der Waals surface area contributed by atoms with E-state index in [2.05, 4.69) is 10.6 Å². The molecule has 88 valence electrons. The number of carbonyl (C=O) groups excluding carboxylic acids is 2. The van der Waals surface area contributed by atoms with Crippen molar-refractivity contribution in [3.63, 3.8) is 0 Å². The summed E-state index contributed by atoms with van der Waals surface area (Å²) in [6.45, 7) is 1.96.